The molecule has 1 heterocycles. The van der Waals surface area contributed by atoms with Crippen LogP contribution < -0.4 is 10.6 Å². The van der Waals surface area contributed by atoms with Crippen molar-refractivity contribution in [1.29, 1.82) is 0 Å². The molecule has 0 unspecified atom stereocenters. The van der Waals surface area contributed by atoms with Crippen LogP contribution in [0.2, 0.25) is 0 Å². The molecule has 1 aliphatic carbocycles. The third-order valence-electron chi connectivity index (χ3n) is 5.58. The summed E-state index contributed by atoms with van der Waals surface area (Å²) in [4.78, 5) is 7.12. The maximum atomic E-state index is 11.5. The topological polar surface area (TPSA) is 73.8 Å². The number of hydrogen-bond donors (Lipinski definition) is 2. The third-order valence-corrected chi connectivity index (χ3v) is 7.19. The van der Waals surface area contributed by atoms with Gasteiger partial charge in [0.05, 0.1) is 11.5 Å². The number of rotatable bonds is 8. The molecule has 1 saturated heterocycles. The molecule has 0 atom stereocenters. The molecule has 2 rings (SSSR count). The van der Waals surface area contributed by atoms with Crippen LogP contribution in [-0.4, -0.2) is 70.1 Å². The highest BCUT2D eigenvalue weighted by Crippen LogP contribution is 2.43. The summed E-state index contributed by atoms with van der Waals surface area (Å²) in [6.07, 6.45) is 6.54. The molecule has 1 saturated carbocycles. The molecular weight excluding hydrogens is 475 g/mol. The molecule has 2 N–H and O–H groups in total. The number of hydrogen-bond acceptors (Lipinski definition) is 4. The summed E-state index contributed by atoms with van der Waals surface area (Å²) in [6, 6.07) is 0. The molecule has 0 aromatic rings. The zero-order valence-corrected chi connectivity index (χ0v) is 20.4. The summed E-state index contributed by atoms with van der Waals surface area (Å²) in [6.45, 7) is 11.4. The summed E-state index contributed by atoms with van der Waals surface area (Å²) >= 11 is 0. The summed E-state index contributed by atoms with van der Waals surface area (Å²) < 4.78 is 23.0. The average Bonchev–Trinajstić information content (AvgIpc) is 3.02. The van der Waals surface area contributed by atoms with Crippen molar-refractivity contribution >= 4 is 39.8 Å². The predicted molar refractivity (Wildman–Crippen MR) is 125 cm³/mol. The average molecular weight is 515 g/mol. The van der Waals surface area contributed by atoms with E-state index in [1.807, 2.05) is 0 Å². The molecule has 1 aliphatic heterocycles. The lowest BCUT2D eigenvalue weighted by molar-refractivity contribution is 0.245. The fraction of sp³-hybridized carbons (Fsp3) is 0.947. The maximum absolute atomic E-state index is 11.5. The molecule has 2 aliphatic rings. The van der Waals surface area contributed by atoms with Gasteiger partial charge in [0.2, 0.25) is 0 Å². The SMILES string of the molecule is CCNC(=NCC1(CC(C)C)CCCC1)NCCN1CCS(=O)(=O)CC1.I. The minimum absolute atomic E-state index is 0. The fourth-order valence-electron chi connectivity index (χ4n) is 4.31. The molecule has 0 radical (unpaired) electrons. The van der Waals surface area contributed by atoms with E-state index in [0.717, 1.165) is 32.1 Å². The van der Waals surface area contributed by atoms with Crippen LogP contribution in [-0.2, 0) is 9.84 Å². The van der Waals surface area contributed by atoms with Gasteiger partial charge in [0, 0.05) is 39.3 Å². The van der Waals surface area contributed by atoms with Crippen molar-refractivity contribution in [3.05, 3.63) is 0 Å². The molecule has 2 fully saturated rings. The van der Waals surface area contributed by atoms with Crippen LogP contribution in [0.3, 0.4) is 0 Å². The molecule has 8 heteroatoms. The molecule has 0 aromatic carbocycles. The first-order valence-electron chi connectivity index (χ1n) is 10.3. The van der Waals surface area contributed by atoms with E-state index in [9.17, 15) is 8.42 Å². The lowest BCUT2D eigenvalue weighted by Crippen LogP contribution is -2.46. The van der Waals surface area contributed by atoms with Crippen molar-refractivity contribution in [3.63, 3.8) is 0 Å². The molecule has 27 heavy (non-hydrogen) atoms. The van der Waals surface area contributed by atoms with E-state index < -0.39 is 9.84 Å². The predicted octanol–water partition coefficient (Wildman–Crippen LogP) is 2.50. The highest BCUT2D eigenvalue weighted by Gasteiger charge is 2.34. The Bertz CT molecular complexity index is 546. The zero-order valence-electron chi connectivity index (χ0n) is 17.3. The summed E-state index contributed by atoms with van der Waals surface area (Å²) in [7, 11) is -2.80. The first kappa shape index (κ1) is 24.9. The number of nitrogens with zero attached hydrogens (tertiary/aromatic N) is 2. The van der Waals surface area contributed by atoms with Crippen molar-refractivity contribution in [2.45, 2.75) is 52.9 Å². The summed E-state index contributed by atoms with van der Waals surface area (Å²) in [5, 5.41) is 6.78. The van der Waals surface area contributed by atoms with Gasteiger partial charge in [-0.05, 0) is 37.5 Å². The van der Waals surface area contributed by atoms with Crippen LogP contribution in [0.1, 0.15) is 52.9 Å². The van der Waals surface area contributed by atoms with Crippen molar-refractivity contribution in [2.75, 3.05) is 50.8 Å². The van der Waals surface area contributed by atoms with Crippen LogP contribution in [0.5, 0.6) is 0 Å². The first-order valence-corrected chi connectivity index (χ1v) is 12.1. The molecule has 160 valence electrons. The smallest absolute Gasteiger partial charge is 0.191 e. The lowest BCUT2D eigenvalue weighted by atomic mass is 9.78. The minimum Gasteiger partial charge on any atom is -0.357 e. The van der Waals surface area contributed by atoms with Gasteiger partial charge in [-0.2, -0.15) is 0 Å². The number of halogens is 1. The van der Waals surface area contributed by atoms with Gasteiger partial charge >= 0.3 is 0 Å². The van der Waals surface area contributed by atoms with Crippen LogP contribution in [0.4, 0.5) is 0 Å². The second-order valence-electron chi connectivity index (χ2n) is 8.42. The Hall–Kier alpha value is -0.0900. The van der Waals surface area contributed by atoms with Gasteiger partial charge in [-0.15, -0.1) is 24.0 Å². The van der Waals surface area contributed by atoms with Crippen molar-refractivity contribution in [3.8, 4) is 0 Å². The monoisotopic (exact) mass is 514 g/mol. The van der Waals surface area contributed by atoms with Gasteiger partial charge in [-0.25, -0.2) is 8.42 Å². The largest absolute Gasteiger partial charge is 0.357 e. The molecule has 0 bridgehead atoms. The highest BCUT2D eigenvalue weighted by atomic mass is 127. The van der Waals surface area contributed by atoms with Crippen LogP contribution in [0.15, 0.2) is 4.99 Å². The van der Waals surface area contributed by atoms with Gasteiger partial charge in [-0.1, -0.05) is 26.7 Å². The summed E-state index contributed by atoms with van der Waals surface area (Å²) in [5.41, 5.74) is 0.387. The van der Waals surface area contributed by atoms with Crippen molar-refractivity contribution in [2.24, 2.45) is 16.3 Å². The Labute approximate surface area is 183 Å². The lowest BCUT2D eigenvalue weighted by Gasteiger charge is -2.30. The first-order chi connectivity index (χ1) is 12.3. The standard InChI is InChI=1S/C19H38N4O2S.HI/c1-4-20-18(21-9-10-23-11-13-26(24,25)14-12-23)22-16-19(15-17(2)3)7-5-6-8-19;/h17H,4-16H2,1-3H3,(H2,20,21,22);1H. The second-order valence-corrected chi connectivity index (χ2v) is 10.7. The van der Waals surface area contributed by atoms with E-state index in [2.05, 4.69) is 36.3 Å². The third kappa shape index (κ3) is 8.85. The Morgan fingerprint density at radius 3 is 2.33 bits per heavy atom. The quantitative estimate of drug-likeness (QED) is 0.296. The number of aliphatic imine (C=N–C) groups is 1. The second kappa shape index (κ2) is 11.8. The van der Waals surface area contributed by atoms with E-state index in [0.29, 0.717) is 35.9 Å². The molecule has 0 spiro atoms. The van der Waals surface area contributed by atoms with Gasteiger partial charge in [0.15, 0.2) is 15.8 Å². The summed E-state index contributed by atoms with van der Waals surface area (Å²) in [5.74, 6) is 2.19. The minimum atomic E-state index is -2.80. The zero-order chi connectivity index (χ0) is 19.0. The highest BCUT2D eigenvalue weighted by molar-refractivity contribution is 14.0. The van der Waals surface area contributed by atoms with Crippen LogP contribution in [0.25, 0.3) is 0 Å². The fourth-order valence-corrected chi connectivity index (χ4v) is 5.59. The van der Waals surface area contributed by atoms with Crippen LogP contribution in [0, 0.1) is 11.3 Å². The Morgan fingerprint density at radius 2 is 1.78 bits per heavy atom. The molecule has 0 aromatic heterocycles. The molecular formula is C19H39IN4O2S. The van der Waals surface area contributed by atoms with E-state index in [-0.39, 0.29) is 24.0 Å². The van der Waals surface area contributed by atoms with Crippen molar-refractivity contribution < 1.29 is 8.42 Å². The van der Waals surface area contributed by atoms with E-state index in [1.54, 1.807) is 0 Å². The van der Waals surface area contributed by atoms with Gasteiger partial charge < -0.3 is 10.6 Å². The maximum Gasteiger partial charge on any atom is 0.191 e. The van der Waals surface area contributed by atoms with Gasteiger partial charge in [0.25, 0.3) is 0 Å². The number of sulfone groups is 1. The van der Waals surface area contributed by atoms with E-state index >= 15 is 0 Å². The van der Waals surface area contributed by atoms with Crippen molar-refractivity contribution in [1.82, 2.24) is 15.5 Å². The number of guanidine groups is 1. The van der Waals surface area contributed by atoms with E-state index in [4.69, 9.17) is 4.99 Å². The normalized spacial score (nSPS) is 22.4. The van der Waals surface area contributed by atoms with Gasteiger partial charge in [-0.3, -0.25) is 9.89 Å². The number of nitrogens with one attached hydrogen (secondary N) is 2. The van der Waals surface area contributed by atoms with Crippen LogP contribution >= 0.6 is 24.0 Å². The Kier molecular flexibility index (Phi) is 10.9. The molecule has 0 amide bonds. The Balaban J connectivity index is 0.00000364. The van der Waals surface area contributed by atoms with Gasteiger partial charge in [0.1, 0.15) is 0 Å². The molecule has 6 nitrogen and oxygen atoms in total. The Morgan fingerprint density at radius 1 is 1.15 bits per heavy atom. The van der Waals surface area contributed by atoms with E-state index in [1.165, 1.54) is 32.1 Å².